The van der Waals surface area contributed by atoms with Crippen molar-refractivity contribution in [2.75, 3.05) is 46.9 Å². The summed E-state index contributed by atoms with van der Waals surface area (Å²) in [7, 11) is 3.70. The Labute approximate surface area is 159 Å². The number of fused-ring (bicyclic) bond motifs is 1. The normalized spacial score (nSPS) is 17.2. The van der Waals surface area contributed by atoms with Crippen LogP contribution in [0.25, 0.3) is 10.9 Å². The number of likely N-dealkylation sites (N-methyl/N-ethyl adjacent to an activating group) is 1. The molecule has 1 aromatic heterocycles. The summed E-state index contributed by atoms with van der Waals surface area (Å²) in [6, 6.07) is 7.83. The lowest BCUT2D eigenvalue weighted by Crippen LogP contribution is -2.39. The van der Waals surface area contributed by atoms with Gasteiger partial charge in [0.25, 0.3) is 0 Å². The van der Waals surface area contributed by atoms with Gasteiger partial charge >= 0.3 is 0 Å². The largest absolute Gasteiger partial charge is 0.383 e. The minimum absolute atomic E-state index is 0.0448. The number of aromatic amines is 1. The number of likely N-dealkylation sites (tertiary alicyclic amines) is 1. The Morgan fingerprint density at radius 2 is 2.19 bits per heavy atom. The Balaban J connectivity index is 1.47. The van der Waals surface area contributed by atoms with Gasteiger partial charge in [0.1, 0.15) is 0 Å². The zero-order valence-electron chi connectivity index (χ0n) is 16.0. The summed E-state index contributed by atoms with van der Waals surface area (Å²) < 4.78 is 5.06. The Kier molecular flexibility index (Phi) is 6.47. The summed E-state index contributed by atoms with van der Waals surface area (Å²) in [6.07, 6.45) is 2.57. The lowest BCUT2D eigenvalue weighted by atomic mass is 10.1. The topological polar surface area (TPSA) is 77.7 Å². The summed E-state index contributed by atoms with van der Waals surface area (Å²) in [5, 5.41) is 4.08. The number of nitrogens with one attached hydrogen (secondary N) is 2. The van der Waals surface area contributed by atoms with E-state index in [0.717, 1.165) is 29.6 Å². The third-order valence-corrected chi connectivity index (χ3v) is 5.03. The van der Waals surface area contributed by atoms with Crippen LogP contribution in [-0.4, -0.2) is 79.6 Å². The number of amides is 2. The molecule has 1 aliphatic rings. The van der Waals surface area contributed by atoms with Crippen LogP contribution in [-0.2, 0) is 20.7 Å². The number of carbonyl (C=O) groups excluding carboxylic acids is 2. The number of carbonyl (C=O) groups is 2. The first-order valence-corrected chi connectivity index (χ1v) is 9.36. The van der Waals surface area contributed by atoms with Gasteiger partial charge in [-0.05, 0) is 18.7 Å². The van der Waals surface area contributed by atoms with Crippen molar-refractivity contribution < 1.29 is 14.3 Å². The molecule has 7 heteroatoms. The van der Waals surface area contributed by atoms with Crippen LogP contribution in [0.5, 0.6) is 0 Å². The van der Waals surface area contributed by atoms with E-state index in [1.54, 1.807) is 7.11 Å². The molecular formula is C20H28N4O3. The summed E-state index contributed by atoms with van der Waals surface area (Å²) >= 11 is 0. The highest BCUT2D eigenvalue weighted by Gasteiger charge is 2.30. The number of methoxy groups -OCH3 is 1. The predicted octanol–water partition coefficient (Wildman–Crippen LogP) is 1.01. The van der Waals surface area contributed by atoms with Crippen molar-refractivity contribution in [3.05, 3.63) is 36.0 Å². The first-order chi connectivity index (χ1) is 13.1. The summed E-state index contributed by atoms with van der Waals surface area (Å²) in [5.74, 6) is 0.0594. The number of aromatic nitrogens is 1. The van der Waals surface area contributed by atoms with E-state index in [0.29, 0.717) is 32.5 Å². The highest BCUT2D eigenvalue weighted by atomic mass is 16.5. The molecule has 7 nitrogen and oxygen atoms in total. The van der Waals surface area contributed by atoms with Gasteiger partial charge in [0.15, 0.2) is 0 Å². The minimum atomic E-state index is -0.112. The van der Waals surface area contributed by atoms with E-state index in [4.69, 9.17) is 4.74 Å². The number of benzene rings is 1. The standard InChI is InChI=1S/C20H28N4O3/c1-23(9-10-27-2)7-8-24-14-16(12-20(24)26)22-19(25)11-15-13-21-18-6-4-3-5-17(15)18/h3-6,13,16,21H,7-12,14H2,1-2H3,(H,22,25). The second-order valence-electron chi connectivity index (χ2n) is 7.14. The Morgan fingerprint density at radius 3 is 3.00 bits per heavy atom. The average molecular weight is 372 g/mol. The van der Waals surface area contributed by atoms with Gasteiger partial charge in [0, 0.05) is 56.8 Å². The molecule has 1 aromatic carbocycles. The summed E-state index contributed by atoms with van der Waals surface area (Å²) in [4.78, 5) is 31.8. The minimum Gasteiger partial charge on any atom is -0.383 e. The number of nitrogens with zero attached hydrogens (tertiary/aromatic N) is 2. The van der Waals surface area contributed by atoms with Crippen molar-refractivity contribution >= 4 is 22.7 Å². The zero-order valence-corrected chi connectivity index (χ0v) is 16.0. The monoisotopic (exact) mass is 372 g/mol. The molecular weight excluding hydrogens is 344 g/mol. The quantitative estimate of drug-likeness (QED) is 0.689. The van der Waals surface area contributed by atoms with Crippen LogP contribution in [0.3, 0.4) is 0 Å². The van der Waals surface area contributed by atoms with Gasteiger partial charge in [-0.3, -0.25) is 9.59 Å². The second-order valence-corrected chi connectivity index (χ2v) is 7.14. The first kappa shape index (κ1) is 19.4. The van der Waals surface area contributed by atoms with E-state index in [9.17, 15) is 9.59 Å². The van der Waals surface area contributed by atoms with Gasteiger partial charge in [-0.1, -0.05) is 18.2 Å². The van der Waals surface area contributed by atoms with Crippen LogP contribution in [0.2, 0.25) is 0 Å². The van der Waals surface area contributed by atoms with E-state index < -0.39 is 0 Å². The number of H-pyrrole nitrogens is 1. The molecule has 1 unspecified atom stereocenters. The zero-order chi connectivity index (χ0) is 19.2. The Hall–Kier alpha value is -2.38. The number of para-hydroxylation sites is 1. The van der Waals surface area contributed by atoms with E-state index in [-0.39, 0.29) is 17.9 Å². The maximum Gasteiger partial charge on any atom is 0.224 e. The fraction of sp³-hybridized carbons (Fsp3) is 0.500. The van der Waals surface area contributed by atoms with Crippen LogP contribution < -0.4 is 5.32 Å². The maximum absolute atomic E-state index is 12.4. The van der Waals surface area contributed by atoms with Crippen LogP contribution in [0.4, 0.5) is 0 Å². The van der Waals surface area contributed by atoms with Crippen LogP contribution >= 0.6 is 0 Å². The molecule has 0 saturated carbocycles. The van der Waals surface area contributed by atoms with Crippen LogP contribution in [0, 0.1) is 0 Å². The molecule has 2 aromatic rings. The van der Waals surface area contributed by atoms with Crippen molar-refractivity contribution in [2.45, 2.75) is 18.9 Å². The van der Waals surface area contributed by atoms with Gasteiger partial charge in [-0.2, -0.15) is 0 Å². The van der Waals surface area contributed by atoms with Crippen molar-refractivity contribution in [1.29, 1.82) is 0 Å². The molecule has 0 radical (unpaired) electrons. The third-order valence-electron chi connectivity index (χ3n) is 5.03. The van der Waals surface area contributed by atoms with Crippen molar-refractivity contribution in [3.8, 4) is 0 Å². The van der Waals surface area contributed by atoms with Gasteiger partial charge in [0.05, 0.1) is 19.1 Å². The molecule has 0 bridgehead atoms. The van der Waals surface area contributed by atoms with Crippen LogP contribution in [0.15, 0.2) is 30.5 Å². The SMILES string of the molecule is COCCN(C)CCN1CC(NC(=O)Cc2c[nH]c3ccccc23)CC1=O. The highest BCUT2D eigenvalue weighted by molar-refractivity contribution is 5.89. The highest BCUT2D eigenvalue weighted by Crippen LogP contribution is 2.18. The van der Waals surface area contributed by atoms with Gasteiger partial charge in [-0.15, -0.1) is 0 Å². The molecule has 2 N–H and O–H groups in total. The van der Waals surface area contributed by atoms with E-state index in [1.807, 2.05) is 42.4 Å². The lowest BCUT2D eigenvalue weighted by molar-refractivity contribution is -0.127. The molecule has 1 atom stereocenters. The molecule has 27 heavy (non-hydrogen) atoms. The van der Waals surface area contributed by atoms with Gasteiger partial charge < -0.3 is 24.8 Å². The second kappa shape index (κ2) is 9.01. The molecule has 1 saturated heterocycles. The number of rotatable bonds is 9. The lowest BCUT2D eigenvalue weighted by Gasteiger charge is -2.22. The molecule has 3 rings (SSSR count). The van der Waals surface area contributed by atoms with Crippen molar-refractivity contribution in [1.82, 2.24) is 20.1 Å². The molecule has 2 amide bonds. The molecule has 146 valence electrons. The van der Waals surface area contributed by atoms with Crippen LogP contribution in [0.1, 0.15) is 12.0 Å². The summed E-state index contributed by atoms with van der Waals surface area (Å²) in [6.45, 7) is 3.57. The maximum atomic E-state index is 12.4. The molecule has 1 aliphatic heterocycles. The van der Waals surface area contributed by atoms with E-state index >= 15 is 0 Å². The smallest absolute Gasteiger partial charge is 0.224 e. The average Bonchev–Trinajstić information content (AvgIpc) is 3.21. The Bertz CT molecular complexity index is 788. The van der Waals surface area contributed by atoms with E-state index in [2.05, 4.69) is 15.2 Å². The summed E-state index contributed by atoms with van der Waals surface area (Å²) in [5.41, 5.74) is 2.00. The third kappa shape index (κ3) is 5.08. The number of hydrogen-bond donors (Lipinski definition) is 2. The fourth-order valence-electron chi connectivity index (χ4n) is 3.46. The van der Waals surface area contributed by atoms with Crippen molar-refractivity contribution in [2.24, 2.45) is 0 Å². The number of hydrogen-bond acceptors (Lipinski definition) is 4. The van der Waals surface area contributed by atoms with Gasteiger partial charge in [0.2, 0.25) is 11.8 Å². The van der Waals surface area contributed by atoms with E-state index in [1.165, 1.54) is 0 Å². The fourth-order valence-corrected chi connectivity index (χ4v) is 3.46. The molecule has 2 heterocycles. The molecule has 0 spiro atoms. The van der Waals surface area contributed by atoms with Gasteiger partial charge in [-0.25, -0.2) is 0 Å². The first-order valence-electron chi connectivity index (χ1n) is 9.36. The predicted molar refractivity (Wildman–Crippen MR) is 105 cm³/mol. The molecule has 1 fully saturated rings. The molecule has 0 aliphatic carbocycles. The number of ether oxygens (including phenoxy) is 1. The van der Waals surface area contributed by atoms with Crippen molar-refractivity contribution in [3.63, 3.8) is 0 Å². The Morgan fingerprint density at radius 1 is 1.37 bits per heavy atom.